The number of nitrogens with zero attached hydrogens (tertiary/aromatic N) is 2. The molecule has 154 valence electrons. The summed E-state index contributed by atoms with van der Waals surface area (Å²) in [7, 11) is 0. The molecule has 1 aliphatic rings. The lowest BCUT2D eigenvalue weighted by Gasteiger charge is -2.26. The normalized spacial score (nSPS) is 14.9. The summed E-state index contributed by atoms with van der Waals surface area (Å²) in [5.41, 5.74) is 3.09. The molecule has 0 radical (unpaired) electrons. The molecule has 0 atom stereocenters. The van der Waals surface area contributed by atoms with E-state index in [0.29, 0.717) is 24.8 Å². The molecule has 1 aliphatic heterocycles. The average Bonchev–Trinajstić information content (AvgIpc) is 3.38. The molecule has 0 saturated carbocycles. The first-order valence-corrected chi connectivity index (χ1v) is 9.83. The van der Waals surface area contributed by atoms with Crippen LogP contribution in [0.3, 0.4) is 0 Å². The summed E-state index contributed by atoms with van der Waals surface area (Å²) in [5, 5.41) is 4.13. The standard InChI is InChI=1S/C17H21ClN2O2.C4H4N2O/c1-3-20-7-6-15(12-20)19-11-13-4-5-14(18)10-16(13)17(2)21-8-9-22-17;7-4-1-2-5-3-6-4/h4-7,10,12,19H,3,8-9,11H2,1-2H3;1-3H,(H,5,6,7). The van der Waals surface area contributed by atoms with Gasteiger partial charge in [-0.25, -0.2) is 4.98 Å². The molecule has 4 rings (SSSR count). The summed E-state index contributed by atoms with van der Waals surface area (Å²) < 4.78 is 13.7. The smallest absolute Gasteiger partial charge is 0.250 e. The summed E-state index contributed by atoms with van der Waals surface area (Å²) in [5.74, 6) is -0.711. The van der Waals surface area contributed by atoms with Crippen molar-refractivity contribution in [3.63, 3.8) is 0 Å². The molecule has 1 aromatic carbocycles. The van der Waals surface area contributed by atoms with Gasteiger partial charge in [-0.05, 0) is 37.6 Å². The van der Waals surface area contributed by atoms with Crippen LogP contribution in [0.25, 0.3) is 0 Å². The summed E-state index contributed by atoms with van der Waals surface area (Å²) in [6.07, 6.45) is 6.96. The Bertz CT molecular complexity index is 962. The second kappa shape index (κ2) is 9.73. The minimum atomic E-state index is -0.711. The van der Waals surface area contributed by atoms with Gasteiger partial charge >= 0.3 is 0 Å². The first kappa shape index (κ1) is 21.1. The van der Waals surface area contributed by atoms with Gasteiger partial charge in [0.05, 0.1) is 25.2 Å². The molecule has 0 aliphatic carbocycles. The Balaban J connectivity index is 0.000000290. The average molecular weight is 417 g/mol. The van der Waals surface area contributed by atoms with Crippen molar-refractivity contribution in [2.24, 2.45) is 0 Å². The Kier molecular flexibility index (Phi) is 7.09. The zero-order valence-electron chi connectivity index (χ0n) is 16.5. The number of ether oxygens (including phenoxy) is 2. The molecule has 2 N–H and O–H groups in total. The number of H-pyrrole nitrogens is 1. The lowest BCUT2D eigenvalue weighted by atomic mass is 10.00. The van der Waals surface area contributed by atoms with E-state index in [4.69, 9.17) is 21.1 Å². The fourth-order valence-electron chi connectivity index (χ4n) is 3.04. The van der Waals surface area contributed by atoms with Gasteiger partial charge in [0.15, 0.2) is 5.79 Å². The predicted octanol–water partition coefficient (Wildman–Crippen LogP) is 3.76. The molecule has 2 aromatic heterocycles. The Hall–Kier alpha value is -2.61. The van der Waals surface area contributed by atoms with Gasteiger partial charge in [0.25, 0.3) is 5.56 Å². The van der Waals surface area contributed by atoms with Crippen molar-refractivity contribution in [2.75, 3.05) is 18.5 Å². The van der Waals surface area contributed by atoms with E-state index in [0.717, 1.165) is 23.4 Å². The maximum absolute atomic E-state index is 10.2. The van der Waals surface area contributed by atoms with E-state index in [1.165, 1.54) is 18.6 Å². The molecular weight excluding hydrogens is 392 g/mol. The largest absolute Gasteiger partial charge is 0.380 e. The number of halogens is 1. The highest BCUT2D eigenvalue weighted by atomic mass is 35.5. The van der Waals surface area contributed by atoms with E-state index in [1.807, 2.05) is 25.1 Å². The number of anilines is 1. The Morgan fingerprint density at radius 2 is 2.07 bits per heavy atom. The first-order valence-electron chi connectivity index (χ1n) is 9.45. The highest BCUT2D eigenvalue weighted by Crippen LogP contribution is 2.35. The summed E-state index contributed by atoms with van der Waals surface area (Å²) in [6.45, 7) is 6.94. The zero-order valence-corrected chi connectivity index (χ0v) is 17.3. The van der Waals surface area contributed by atoms with Crippen LogP contribution in [0.1, 0.15) is 25.0 Å². The van der Waals surface area contributed by atoms with Crippen LogP contribution in [-0.2, 0) is 28.4 Å². The number of hydrogen-bond donors (Lipinski definition) is 2. The minimum Gasteiger partial charge on any atom is -0.380 e. The Morgan fingerprint density at radius 3 is 2.66 bits per heavy atom. The topological polar surface area (TPSA) is 81.2 Å². The molecular formula is C21H25ClN4O3. The van der Waals surface area contributed by atoms with E-state index in [-0.39, 0.29) is 5.56 Å². The number of nitrogens with one attached hydrogen (secondary N) is 2. The van der Waals surface area contributed by atoms with Gasteiger partial charge in [-0.15, -0.1) is 0 Å². The molecule has 3 heterocycles. The van der Waals surface area contributed by atoms with E-state index >= 15 is 0 Å². The van der Waals surface area contributed by atoms with Crippen molar-refractivity contribution in [2.45, 2.75) is 32.7 Å². The number of hydrogen-bond acceptors (Lipinski definition) is 5. The molecule has 8 heteroatoms. The monoisotopic (exact) mass is 416 g/mol. The fourth-order valence-corrected chi connectivity index (χ4v) is 3.21. The Morgan fingerprint density at radius 1 is 1.28 bits per heavy atom. The van der Waals surface area contributed by atoms with Crippen LogP contribution < -0.4 is 10.9 Å². The van der Waals surface area contributed by atoms with Crippen LogP contribution in [0, 0.1) is 0 Å². The predicted molar refractivity (Wildman–Crippen MR) is 113 cm³/mol. The van der Waals surface area contributed by atoms with Gasteiger partial charge in [-0.3, -0.25) is 4.79 Å². The van der Waals surface area contributed by atoms with Gasteiger partial charge in [-0.2, -0.15) is 0 Å². The van der Waals surface area contributed by atoms with Crippen molar-refractivity contribution in [1.29, 1.82) is 0 Å². The molecule has 3 aromatic rings. The van der Waals surface area contributed by atoms with Gasteiger partial charge in [-0.1, -0.05) is 17.7 Å². The third-order valence-corrected chi connectivity index (χ3v) is 4.83. The van der Waals surface area contributed by atoms with Crippen LogP contribution in [0.5, 0.6) is 0 Å². The maximum Gasteiger partial charge on any atom is 0.250 e. The van der Waals surface area contributed by atoms with Crippen LogP contribution in [0.4, 0.5) is 5.69 Å². The number of benzene rings is 1. The van der Waals surface area contributed by atoms with E-state index < -0.39 is 5.79 Å². The van der Waals surface area contributed by atoms with Crippen LogP contribution >= 0.6 is 11.6 Å². The molecule has 0 spiro atoms. The second-order valence-corrected chi connectivity index (χ2v) is 7.07. The third kappa shape index (κ3) is 5.69. The van der Waals surface area contributed by atoms with Gasteiger partial charge < -0.3 is 24.3 Å². The number of aryl methyl sites for hydroxylation is 1. The van der Waals surface area contributed by atoms with Crippen molar-refractivity contribution in [3.05, 3.63) is 81.8 Å². The van der Waals surface area contributed by atoms with Crippen molar-refractivity contribution >= 4 is 17.3 Å². The minimum absolute atomic E-state index is 0.116. The maximum atomic E-state index is 10.2. The molecule has 1 fully saturated rings. The van der Waals surface area contributed by atoms with Crippen LogP contribution in [0.2, 0.25) is 5.02 Å². The first-order chi connectivity index (χ1) is 14.0. The van der Waals surface area contributed by atoms with E-state index in [9.17, 15) is 4.79 Å². The van der Waals surface area contributed by atoms with Crippen molar-refractivity contribution in [1.82, 2.24) is 14.5 Å². The lowest BCUT2D eigenvalue weighted by molar-refractivity contribution is -0.150. The third-order valence-electron chi connectivity index (χ3n) is 4.59. The summed E-state index contributed by atoms with van der Waals surface area (Å²) >= 11 is 6.16. The summed E-state index contributed by atoms with van der Waals surface area (Å²) in [6, 6.07) is 9.29. The highest BCUT2D eigenvalue weighted by molar-refractivity contribution is 6.30. The van der Waals surface area contributed by atoms with Crippen molar-refractivity contribution < 1.29 is 9.47 Å². The number of rotatable bonds is 5. The van der Waals surface area contributed by atoms with Crippen LogP contribution in [0.15, 0.2) is 60.0 Å². The quantitative estimate of drug-likeness (QED) is 0.661. The van der Waals surface area contributed by atoms with Gasteiger partial charge in [0.2, 0.25) is 0 Å². The highest BCUT2D eigenvalue weighted by Gasteiger charge is 2.35. The van der Waals surface area contributed by atoms with E-state index in [2.05, 4.69) is 45.2 Å². The Labute approximate surface area is 174 Å². The van der Waals surface area contributed by atoms with Gasteiger partial charge in [0.1, 0.15) is 0 Å². The number of aromatic amines is 1. The fraction of sp³-hybridized carbons (Fsp3) is 0.333. The molecule has 29 heavy (non-hydrogen) atoms. The van der Waals surface area contributed by atoms with Crippen molar-refractivity contribution in [3.8, 4) is 0 Å². The molecule has 7 nitrogen and oxygen atoms in total. The molecule has 0 unspecified atom stereocenters. The lowest BCUT2D eigenvalue weighted by Crippen LogP contribution is -2.25. The van der Waals surface area contributed by atoms with E-state index in [1.54, 1.807) is 0 Å². The molecule has 1 saturated heterocycles. The second-order valence-electron chi connectivity index (χ2n) is 6.63. The van der Waals surface area contributed by atoms with Gasteiger partial charge in [0, 0.05) is 48.3 Å². The molecule has 0 bridgehead atoms. The zero-order chi connectivity index (χ0) is 20.7. The SMILES string of the molecule is CCn1ccc(NCc2ccc(Cl)cc2C2(C)OCCO2)c1.O=c1ccnc[nH]1. The van der Waals surface area contributed by atoms with Crippen LogP contribution in [-0.4, -0.2) is 27.7 Å². The number of aromatic nitrogens is 3. The molecule has 0 amide bonds. The summed E-state index contributed by atoms with van der Waals surface area (Å²) in [4.78, 5) is 16.1.